The van der Waals surface area contributed by atoms with Crippen LogP contribution in [0.2, 0.25) is 0 Å². The lowest BCUT2D eigenvalue weighted by Crippen LogP contribution is -2.27. The predicted molar refractivity (Wildman–Crippen MR) is 122 cm³/mol. The van der Waals surface area contributed by atoms with Gasteiger partial charge < -0.3 is 20.4 Å². The Morgan fingerprint density at radius 2 is 2.09 bits per heavy atom. The Morgan fingerprint density at radius 1 is 1.19 bits per heavy atom. The van der Waals surface area contributed by atoms with Crippen molar-refractivity contribution in [3.63, 3.8) is 0 Å². The summed E-state index contributed by atoms with van der Waals surface area (Å²) >= 11 is 0. The third-order valence-electron chi connectivity index (χ3n) is 5.89. The van der Waals surface area contributed by atoms with E-state index in [2.05, 4.69) is 38.6 Å². The van der Waals surface area contributed by atoms with E-state index >= 15 is 0 Å². The molecule has 5 rings (SSSR count). The predicted octanol–water partition coefficient (Wildman–Crippen LogP) is 3.78. The molecule has 0 atom stereocenters. The molecule has 0 spiro atoms. The molecule has 0 unspecified atom stereocenters. The van der Waals surface area contributed by atoms with Gasteiger partial charge in [0, 0.05) is 47.0 Å². The molecular weight excluding hydrogens is 407 g/mol. The van der Waals surface area contributed by atoms with E-state index in [1.807, 2.05) is 12.1 Å². The maximum Gasteiger partial charge on any atom is 0.163 e. The highest BCUT2D eigenvalue weighted by molar-refractivity contribution is 5.86. The largest absolute Gasteiger partial charge is 0.497 e. The number of pyridine rings is 1. The van der Waals surface area contributed by atoms with Crippen LogP contribution in [0, 0.1) is 12.7 Å². The molecule has 7 nitrogen and oxygen atoms in total. The highest BCUT2D eigenvalue weighted by Crippen LogP contribution is 2.28. The van der Waals surface area contributed by atoms with E-state index in [9.17, 15) is 4.39 Å². The van der Waals surface area contributed by atoms with Crippen molar-refractivity contribution in [2.75, 3.05) is 25.5 Å². The fraction of sp³-hybridized carbons (Fsp3) is 0.292. The van der Waals surface area contributed by atoms with Crippen LogP contribution in [0.25, 0.3) is 22.3 Å². The Kier molecular flexibility index (Phi) is 5.45. The van der Waals surface area contributed by atoms with Crippen LogP contribution in [-0.2, 0) is 19.4 Å². The molecule has 1 aliphatic rings. The van der Waals surface area contributed by atoms with Gasteiger partial charge in [-0.3, -0.25) is 4.98 Å². The molecule has 0 fully saturated rings. The second kappa shape index (κ2) is 8.55. The van der Waals surface area contributed by atoms with E-state index < -0.39 is 5.82 Å². The molecule has 1 aromatic carbocycles. The van der Waals surface area contributed by atoms with Crippen LogP contribution in [0.3, 0.4) is 0 Å². The lowest BCUT2D eigenvalue weighted by Gasteiger charge is -2.21. The van der Waals surface area contributed by atoms with Crippen molar-refractivity contribution in [1.82, 2.24) is 25.3 Å². The lowest BCUT2D eigenvalue weighted by molar-refractivity contribution is 0.415. The minimum atomic E-state index is -0.401. The fourth-order valence-corrected chi connectivity index (χ4v) is 4.29. The summed E-state index contributed by atoms with van der Waals surface area (Å²) in [6.07, 6.45) is 4.45. The number of ether oxygens (including phenoxy) is 1. The first-order chi connectivity index (χ1) is 15.6. The number of H-pyrrole nitrogens is 1. The van der Waals surface area contributed by atoms with Crippen molar-refractivity contribution >= 4 is 16.7 Å². The van der Waals surface area contributed by atoms with Crippen molar-refractivity contribution in [2.45, 2.75) is 26.3 Å². The Labute approximate surface area is 185 Å². The van der Waals surface area contributed by atoms with Gasteiger partial charge in [0.1, 0.15) is 17.4 Å². The minimum Gasteiger partial charge on any atom is -0.497 e. The number of fused-ring (bicyclic) bond motifs is 2. The number of hydrogen-bond donors (Lipinski definition) is 3. The summed E-state index contributed by atoms with van der Waals surface area (Å²) in [5, 5.41) is 8.04. The van der Waals surface area contributed by atoms with Crippen molar-refractivity contribution < 1.29 is 9.13 Å². The van der Waals surface area contributed by atoms with Gasteiger partial charge in [0.15, 0.2) is 5.82 Å². The molecule has 0 amide bonds. The third-order valence-corrected chi connectivity index (χ3v) is 5.89. The molecule has 4 heterocycles. The zero-order valence-electron chi connectivity index (χ0n) is 18.1. The normalized spacial score (nSPS) is 13.2. The Hall–Kier alpha value is -3.52. The summed E-state index contributed by atoms with van der Waals surface area (Å²) in [6.45, 7) is 4.36. The number of halogens is 1. The zero-order valence-corrected chi connectivity index (χ0v) is 18.1. The maximum absolute atomic E-state index is 13.7. The monoisotopic (exact) mass is 432 g/mol. The molecule has 1 aliphatic heterocycles. The molecule has 0 aliphatic carbocycles. The Morgan fingerprint density at radius 3 is 2.94 bits per heavy atom. The van der Waals surface area contributed by atoms with Gasteiger partial charge in [-0.1, -0.05) is 0 Å². The molecule has 32 heavy (non-hydrogen) atoms. The standard InChI is InChI=1S/C24H25FN6O/c1-14-18(20-10-17(32-2)3-4-21(20)29-14)6-8-28-24-19-5-7-26-13-22(19)30-23(31-24)15-9-16(25)12-27-11-15/h3-4,9-12,26,29H,5-8,13H2,1-2H3,(H,28,30,31). The number of nitrogens with zero attached hydrogens (tertiary/aromatic N) is 3. The zero-order chi connectivity index (χ0) is 22.1. The first-order valence-electron chi connectivity index (χ1n) is 10.7. The van der Waals surface area contributed by atoms with E-state index in [0.29, 0.717) is 24.5 Å². The Bertz CT molecular complexity index is 1290. The number of benzene rings is 1. The average molecular weight is 433 g/mol. The van der Waals surface area contributed by atoms with Crippen LogP contribution in [0.4, 0.5) is 10.2 Å². The van der Waals surface area contributed by atoms with Crippen molar-refractivity contribution in [3.05, 3.63) is 65.0 Å². The van der Waals surface area contributed by atoms with Gasteiger partial charge in [-0.05, 0) is 56.1 Å². The van der Waals surface area contributed by atoms with Gasteiger partial charge in [-0.15, -0.1) is 0 Å². The lowest BCUT2D eigenvalue weighted by atomic mass is 10.1. The summed E-state index contributed by atoms with van der Waals surface area (Å²) in [5.74, 6) is 1.74. The van der Waals surface area contributed by atoms with Gasteiger partial charge in [0.2, 0.25) is 0 Å². The first-order valence-corrected chi connectivity index (χ1v) is 10.7. The Balaban J connectivity index is 1.42. The summed E-state index contributed by atoms with van der Waals surface area (Å²) < 4.78 is 19.1. The highest BCUT2D eigenvalue weighted by Gasteiger charge is 2.19. The second-order valence-electron chi connectivity index (χ2n) is 7.96. The van der Waals surface area contributed by atoms with Crippen molar-refractivity contribution in [2.24, 2.45) is 0 Å². The van der Waals surface area contributed by atoms with Crippen LogP contribution in [0.15, 0.2) is 36.7 Å². The number of aromatic nitrogens is 4. The fourth-order valence-electron chi connectivity index (χ4n) is 4.29. The van der Waals surface area contributed by atoms with Crippen LogP contribution >= 0.6 is 0 Å². The summed E-state index contributed by atoms with van der Waals surface area (Å²) in [6, 6.07) is 7.49. The minimum absolute atomic E-state index is 0.401. The smallest absolute Gasteiger partial charge is 0.163 e. The molecule has 0 radical (unpaired) electrons. The molecule has 0 bridgehead atoms. The van der Waals surface area contributed by atoms with Crippen molar-refractivity contribution in [3.8, 4) is 17.1 Å². The molecule has 0 saturated carbocycles. The summed E-state index contributed by atoms with van der Waals surface area (Å²) in [4.78, 5) is 16.8. The van der Waals surface area contributed by atoms with Gasteiger partial charge in [-0.2, -0.15) is 0 Å². The van der Waals surface area contributed by atoms with Gasteiger partial charge in [-0.25, -0.2) is 14.4 Å². The number of hydrogen-bond acceptors (Lipinski definition) is 6. The number of aryl methyl sites for hydroxylation is 1. The van der Waals surface area contributed by atoms with Crippen LogP contribution in [0.5, 0.6) is 5.75 Å². The maximum atomic E-state index is 13.7. The quantitative estimate of drug-likeness (QED) is 0.430. The number of aromatic amines is 1. The first kappa shape index (κ1) is 20.4. The molecule has 0 saturated heterocycles. The number of methoxy groups -OCH3 is 1. The number of anilines is 1. The van der Waals surface area contributed by atoms with Gasteiger partial charge in [0.25, 0.3) is 0 Å². The molecular formula is C24H25FN6O. The van der Waals surface area contributed by atoms with E-state index in [0.717, 1.165) is 53.4 Å². The van der Waals surface area contributed by atoms with Gasteiger partial charge in [0.05, 0.1) is 19.0 Å². The average Bonchev–Trinajstić information content (AvgIpc) is 3.13. The molecule has 3 aromatic heterocycles. The van der Waals surface area contributed by atoms with Crippen LogP contribution in [-0.4, -0.2) is 40.1 Å². The van der Waals surface area contributed by atoms with Crippen LogP contribution < -0.4 is 15.4 Å². The number of nitrogens with one attached hydrogen (secondary N) is 3. The van der Waals surface area contributed by atoms with Crippen LogP contribution in [0.1, 0.15) is 22.5 Å². The SMILES string of the molecule is COc1ccc2[nH]c(C)c(CCNc3nc(-c4cncc(F)c4)nc4c3CCNC4)c2c1. The number of rotatable bonds is 6. The summed E-state index contributed by atoms with van der Waals surface area (Å²) in [7, 11) is 1.68. The second-order valence-corrected chi connectivity index (χ2v) is 7.96. The van der Waals surface area contributed by atoms with E-state index in [-0.39, 0.29) is 0 Å². The topological polar surface area (TPSA) is 87.8 Å². The van der Waals surface area contributed by atoms with E-state index in [4.69, 9.17) is 9.72 Å². The van der Waals surface area contributed by atoms with E-state index in [1.165, 1.54) is 23.2 Å². The molecule has 8 heteroatoms. The highest BCUT2D eigenvalue weighted by atomic mass is 19.1. The van der Waals surface area contributed by atoms with Crippen molar-refractivity contribution in [1.29, 1.82) is 0 Å². The molecule has 3 N–H and O–H groups in total. The summed E-state index contributed by atoms with van der Waals surface area (Å²) in [5.41, 5.74) is 6.14. The molecule has 164 valence electrons. The molecule has 4 aromatic rings. The van der Waals surface area contributed by atoms with E-state index in [1.54, 1.807) is 13.3 Å². The van der Waals surface area contributed by atoms with Gasteiger partial charge >= 0.3 is 0 Å². The third kappa shape index (κ3) is 3.89.